The fraction of sp³-hybridized carbons (Fsp3) is 0.250. The Bertz CT molecular complexity index is 1150. The van der Waals surface area contributed by atoms with Gasteiger partial charge in [-0.25, -0.2) is 17.5 Å². The van der Waals surface area contributed by atoms with Crippen LogP contribution in [0.4, 0.5) is 10.1 Å². The normalized spacial score (nSPS) is 11.6. The highest BCUT2D eigenvalue weighted by atomic mass is 32.2. The van der Waals surface area contributed by atoms with E-state index < -0.39 is 21.4 Å². The van der Waals surface area contributed by atoms with E-state index >= 15 is 0 Å². The number of aromatic nitrogens is 2. The van der Waals surface area contributed by atoms with Crippen molar-refractivity contribution in [1.82, 2.24) is 9.36 Å². The van der Waals surface area contributed by atoms with E-state index in [1.54, 1.807) is 49.0 Å². The molecule has 148 valence electrons. The Kier molecular flexibility index (Phi) is 5.42. The average molecular weight is 403 g/mol. The molecule has 0 radical (unpaired) electrons. The van der Waals surface area contributed by atoms with E-state index in [1.165, 1.54) is 29.8 Å². The SMILES string of the molecule is CCS(=O)(=O)N(Cc1ccccc1F)c1c(C)n(C)n(-c2ccccc2)c1=O. The van der Waals surface area contributed by atoms with Crippen LogP contribution in [0.2, 0.25) is 0 Å². The number of rotatable bonds is 6. The van der Waals surface area contributed by atoms with Crippen molar-refractivity contribution in [3.8, 4) is 5.69 Å². The van der Waals surface area contributed by atoms with Crippen molar-refractivity contribution in [2.45, 2.75) is 20.4 Å². The van der Waals surface area contributed by atoms with E-state index in [4.69, 9.17) is 0 Å². The van der Waals surface area contributed by atoms with Gasteiger partial charge in [-0.1, -0.05) is 36.4 Å². The van der Waals surface area contributed by atoms with E-state index in [0.717, 1.165) is 4.31 Å². The molecule has 0 atom stereocenters. The lowest BCUT2D eigenvalue weighted by molar-refractivity contribution is 0.586. The highest BCUT2D eigenvalue weighted by Crippen LogP contribution is 2.24. The Morgan fingerprint density at radius 1 is 1.04 bits per heavy atom. The molecule has 2 aromatic carbocycles. The number of sulfonamides is 1. The number of halogens is 1. The minimum Gasteiger partial charge on any atom is -0.283 e. The number of hydrogen-bond acceptors (Lipinski definition) is 3. The molecular formula is C20H22FN3O3S. The summed E-state index contributed by atoms with van der Waals surface area (Å²) < 4.78 is 43.9. The van der Waals surface area contributed by atoms with Crippen LogP contribution in [0.5, 0.6) is 0 Å². The molecule has 0 aliphatic carbocycles. The summed E-state index contributed by atoms with van der Waals surface area (Å²) in [6, 6.07) is 14.9. The first-order valence-electron chi connectivity index (χ1n) is 8.85. The molecular weight excluding hydrogens is 381 g/mol. The lowest BCUT2D eigenvalue weighted by Crippen LogP contribution is -2.36. The molecule has 0 saturated heterocycles. The third kappa shape index (κ3) is 3.47. The van der Waals surface area contributed by atoms with Gasteiger partial charge in [0, 0.05) is 12.6 Å². The topological polar surface area (TPSA) is 64.3 Å². The van der Waals surface area contributed by atoms with Gasteiger partial charge in [0.15, 0.2) is 0 Å². The number of anilines is 1. The number of nitrogens with zero attached hydrogens (tertiary/aromatic N) is 3. The molecule has 0 fully saturated rings. The van der Waals surface area contributed by atoms with Crippen LogP contribution >= 0.6 is 0 Å². The van der Waals surface area contributed by atoms with Crippen LogP contribution in [0.3, 0.4) is 0 Å². The lowest BCUT2D eigenvalue weighted by atomic mass is 10.2. The second-order valence-electron chi connectivity index (χ2n) is 6.41. The zero-order valence-corrected chi connectivity index (χ0v) is 16.8. The van der Waals surface area contributed by atoms with E-state index in [2.05, 4.69) is 0 Å². The molecule has 0 amide bonds. The summed E-state index contributed by atoms with van der Waals surface area (Å²) in [5.74, 6) is -0.726. The van der Waals surface area contributed by atoms with Crippen molar-refractivity contribution in [1.29, 1.82) is 0 Å². The fourth-order valence-electron chi connectivity index (χ4n) is 3.10. The standard InChI is InChI=1S/C20H22FN3O3S/c1-4-28(26,27)23(14-16-10-8-9-13-18(16)21)19-15(2)22(3)24(20(19)25)17-11-6-5-7-12-17/h5-13H,4,14H2,1-3H3. The summed E-state index contributed by atoms with van der Waals surface area (Å²) in [5.41, 5.74) is 0.843. The van der Waals surface area contributed by atoms with Gasteiger partial charge < -0.3 is 0 Å². The maximum Gasteiger partial charge on any atom is 0.296 e. The van der Waals surface area contributed by atoms with E-state index in [1.807, 2.05) is 6.07 Å². The smallest absolute Gasteiger partial charge is 0.283 e. The molecule has 1 aromatic heterocycles. The highest BCUT2D eigenvalue weighted by molar-refractivity contribution is 7.92. The second-order valence-corrected chi connectivity index (χ2v) is 8.59. The maximum atomic E-state index is 14.2. The van der Waals surface area contributed by atoms with Gasteiger partial charge in [0.05, 0.1) is 23.7 Å². The van der Waals surface area contributed by atoms with Gasteiger partial charge in [-0.05, 0) is 32.0 Å². The highest BCUT2D eigenvalue weighted by Gasteiger charge is 2.29. The van der Waals surface area contributed by atoms with Crippen LogP contribution in [0.15, 0.2) is 59.4 Å². The Labute approximate surface area is 163 Å². The largest absolute Gasteiger partial charge is 0.296 e. The van der Waals surface area contributed by atoms with Crippen LogP contribution in [0.1, 0.15) is 18.2 Å². The summed E-state index contributed by atoms with van der Waals surface area (Å²) in [6.45, 7) is 2.92. The molecule has 6 nitrogen and oxygen atoms in total. The monoisotopic (exact) mass is 403 g/mol. The van der Waals surface area contributed by atoms with Crippen molar-refractivity contribution >= 4 is 15.7 Å². The number of hydrogen-bond donors (Lipinski definition) is 0. The first kappa shape index (κ1) is 19.9. The van der Waals surface area contributed by atoms with Gasteiger partial charge >= 0.3 is 0 Å². The quantitative estimate of drug-likeness (QED) is 0.636. The number of benzene rings is 2. The van der Waals surface area contributed by atoms with E-state index in [-0.39, 0.29) is 23.5 Å². The van der Waals surface area contributed by atoms with Crippen molar-refractivity contribution in [2.75, 3.05) is 10.1 Å². The van der Waals surface area contributed by atoms with Crippen LogP contribution < -0.4 is 9.86 Å². The third-order valence-corrected chi connectivity index (χ3v) is 6.46. The molecule has 0 spiro atoms. The van der Waals surface area contributed by atoms with E-state index in [0.29, 0.717) is 11.4 Å². The summed E-state index contributed by atoms with van der Waals surface area (Å²) in [7, 11) is -2.13. The van der Waals surface area contributed by atoms with Crippen molar-refractivity contribution in [2.24, 2.45) is 7.05 Å². The molecule has 3 rings (SSSR count). The van der Waals surface area contributed by atoms with Crippen LogP contribution in [0.25, 0.3) is 5.69 Å². The predicted molar refractivity (Wildman–Crippen MR) is 108 cm³/mol. The summed E-state index contributed by atoms with van der Waals surface area (Å²) in [5, 5.41) is 0. The predicted octanol–water partition coefficient (Wildman–Crippen LogP) is 2.98. The first-order valence-corrected chi connectivity index (χ1v) is 10.5. The summed E-state index contributed by atoms with van der Waals surface area (Å²) >= 11 is 0. The molecule has 0 aliphatic heterocycles. The average Bonchev–Trinajstić information content (AvgIpc) is 2.90. The zero-order chi connectivity index (χ0) is 20.5. The molecule has 0 unspecified atom stereocenters. The summed E-state index contributed by atoms with van der Waals surface area (Å²) in [6.07, 6.45) is 0. The van der Waals surface area contributed by atoms with Gasteiger partial charge in [-0.2, -0.15) is 0 Å². The third-order valence-electron chi connectivity index (χ3n) is 4.75. The molecule has 0 N–H and O–H groups in total. The minimum absolute atomic E-state index is 0.0245. The van der Waals surface area contributed by atoms with Gasteiger partial charge in [0.1, 0.15) is 11.5 Å². The zero-order valence-electron chi connectivity index (χ0n) is 16.0. The molecule has 28 heavy (non-hydrogen) atoms. The fourth-order valence-corrected chi connectivity index (χ4v) is 4.23. The first-order chi connectivity index (χ1) is 13.3. The molecule has 0 bridgehead atoms. The van der Waals surface area contributed by atoms with Gasteiger partial charge in [0.25, 0.3) is 5.56 Å². The Balaban J connectivity index is 2.22. The van der Waals surface area contributed by atoms with Gasteiger partial charge in [-0.15, -0.1) is 0 Å². The van der Waals surface area contributed by atoms with Crippen molar-refractivity contribution in [3.63, 3.8) is 0 Å². The molecule has 0 saturated carbocycles. The van der Waals surface area contributed by atoms with Crippen molar-refractivity contribution < 1.29 is 12.8 Å². The Morgan fingerprint density at radius 2 is 1.64 bits per heavy atom. The second kappa shape index (κ2) is 7.63. The minimum atomic E-state index is -3.82. The van der Waals surface area contributed by atoms with E-state index in [9.17, 15) is 17.6 Å². The molecule has 1 heterocycles. The molecule has 3 aromatic rings. The van der Waals surface area contributed by atoms with Crippen molar-refractivity contribution in [3.05, 3.63) is 82.0 Å². The van der Waals surface area contributed by atoms with Gasteiger partial charge in [0.2, 0.25) is 10.0 Å². The summed E-state index contributed by atoms with van der Waals surface area (Å²) in [4.78, 5) is 13.2. The number of para-hydroxylation sites is 1. The Morgan fingerprint density at radius 3 is 2.25 bits per heavy atom. The molecule has 8 heteroatoms. The van der Waals surface area contributed by atoms with Crippen LogP contribution in [-0.2, 0) is 23.6 Å². The lowest BCUT2D eigenvalue weighted by Gasteiger charge is -2.23. The molecule has 0 aliphatic rings. The van der Waals surface area contributed by atoms with Crippen LogP contribution in [0, 0.1) is 12.7 Å². The van der Waals surface area contributed by atoms with Crippen LogP contribution in [-0.4, -0.2) is 23.5 Å². The van der Waals surface area contributed by atoms with Gasteiger partial charge in [-0.3, -0.25) is 13.8 Å². The Hall–Kier alpha value is -2.87. The maximum absolute atomic E-state index is 14.2.